The lowest BCUT2D eigenvalue weighted by Crippen LogP contribution is -2.14. The van der Waals surface area contributed by atoms with Crippen LogP contribution in [0.1, 0.15) is 5.56 Å². The van der Waals surface area contributed by atoms with E-state index in [-0.39, 0.29) is 0 Å². The van der Waals surface area contributed by atoms with Crippen molar-refractivity contribution in [1.82, 2.24) is 4.57 Å². The number of aromatic nitrogens is 1. The molecule has 1 aromatic heterocycles. The summed E-state index contributed by atoms with van der Waals surface area (Å²) in [5.41, 5.74) is 1.14. The van der Waals surface area contributed by atoms with E-state index in [9.17, 15) is 0 Å². The van der Waals surface area contributed by atoms with Gasteiger partial charge < -0.3 is 9.30 Å². The monoisotopic (exact) mass is 245 g/mol. The molecule has 0 unspecified atom stereocenters. The van der Waals surface area contributed by atoms with E-state index in [0.717, 1.165) is 11.3 Å². The molecule has 2 aromatic rings. The molecule has 0 saturated carbocycles. The standard InChI is InChI=1S/C12H11N3OS/c1-16-11-4-2-10(3-5-11)8-15-6-7-17-12(15)14-9-13/h2-7H,8H2,1H3. The fourth-order valence-corrected chi connectivity index (χ4v) is 2.16. The summed E-state index contributed by atoms with van der Waals surface area (Å²) >= 11 is 1.45. The van der Waals surface area contributed by atoms with Gasteiger partial charge in [0.2, 0.25) is 11.0 Å². The number of hydrogen-bond acceptors (Lipinski definition) is 4. The molecule has 0 spiro atoms. The molecule has 0 atom stereocenters. The molecule has 17 heavy (non-hydrogen) atoms. The molecule has 0 saturated heterocycles. The maximum Gasteiger partial charge on any atom is 0.208 e. The third kappa shape index (κ3) is 2.74. The van der Waals surface area contributed by atoms with Crippen LogP contribution in [0.15, 0.2) is 40.8 Å². The van der Waals surface area contributed by atoms with Crippen LogP contribution in [-0.4, -0.2) is 11.7 Å². The SMILES string of the molecule is COc1ccc(Cn2ccsc2=NC#N)cc1. The van der Waals surface area contributed by atoms with Crippen LogP contribution in [0.25, 0.3) is 0 Å². The summed E-state index contributed by atoms with van der Waals surface area (Å²) in [7, 11) is 1.65. The molecule has 1 aromatic carbocycles. The molecule has 0 amide bonds. The Morgan fingerprint density at radius 3 is 2.82 bits per heavy atom. The Balaban J connectivity index is 2.23. The van der Waals surface area contributed by atoms with Crippen molar-refractivity contribution in [3.63, 3.8) is 0 Å². The van der Waals surface area contributed by atoms with Crippen LogP contribution in [0.5, 0.6) is 5.75 Å². The average molecular weight is 245 g/mol. The van der Waals surface area contributed by atoms with Gasteiger partial charge >= 0.3 is 0 Å². The molecule has 0 fully saturated rings. The van der Waals surface area contributed by atoms with Gasteiger partial charge in [-0.15, -0.1) is 16.3 Å². The summed E-state index contributed by atoms with van der Waals surface area (Å²) in [5.74, 6) is 0.839. The van der Waals surface area contributed by atoms with E-state index >= 15 is 0 Å². The Hall–Kier alpha value is -2.06. The van der Waals surface area contributed by atoms with E-state index in [1.165, 1.54) is 11.3 Å². The van der Waals surface area contributed by atoms with Gasteiger partial charge in [-0.2, -0.15) is 5.26 Å². The van der Waals surface area contributed by atoms with Crippen LogP contribution in [0, 0.1) is 11.5 Å². The smallest absolute Gasteiger partial charge is 0.208 e. The van der Waals surface area contributed by atoms with Crippen LogP contribution >= 0.6 is 11.3 Å². The highest BCUT2D eigenvalue weighted by Crippen LogP contribution is 2.11. The normalized spacial score (nSPS) is 11.2. The second-order valence-electron chi connectivity index (χ2n) is 3.37. The highest BCUT2D eigenvalue weighted by atomic mass is 32.1. The second-order valence-corrected chi connectivity index (χ2v) is 4.25. The molecule has 5 heteroatoms. The molecule has 0 N–H and O–H groups in total. The molecule has 0 aliphatic carbocycles. The maximum absolute atomic E-state index is 8.56. The molecule has 1 heterocycles. The minimum absolute atomic E-state index is 0.702. The first-order valence-corrected chi connectivity index (χ1v) is 5.91. The number of nitriles is 1. The zero-order chi connectivity index (χ0) is 12.1. The summed E-state index contributed by atoms with van der Waals surface area (Å²) < 4.78 is 7.04. The Morgan fingerprint density at radius 2 is 2.18 bits per heavy atom. The van der Waals surface area contributed by atoms with Gasteiger partial charge in [0.05, 0.1) is 7.11 Å². The lowest BCUT2D eigenvalue weighted by Gasteiger charge is -2.04. The number of hydrogen-bond donors (Lipinski definition) is 0. The van der Waals surface area contributed by atoms with Crippen LogP contribution in [0.4, 0.5) is 0 Å². The molecule has 86 valence electrons. The van der Waals surface area contributed by atoms with Crippen LogP contribution in [0.2, 0.25) is 0 Å². The fraction of sp³-hybridized carbons (Fsp3) is 0.167. The minimum Gasteiger partial charge on any atom is -0.497 e. The molecular formula is C12H11N3OS. The van der Waals surface area contributed by atoms with Crippen molar-refractivity contribution in [2.24, 2.45) is 4.99 Å². The van der Waals surface area contributed by atoms with E-state index in [0.29, 0.717) is 11.3 Å². The van der Waals surface area contributed by atoms with Crippen LogP contribution in [-0.2, 0) is 6.54 Å². The highest BCUT2D eigenvalue weighted by Gasteiger charge is 1.98. The molecular weight excluding hydrogens is 234 g/mol. The van der Waals surface area contributed by atoms with Crippen LogP contribution < -0.4 is 9.54 Å². The quantitative estimate of drug-likeness (QED) is 0.776. The van der Waals surface area contributed by atoms with Crippen molar-refractivity contribution >= 4 is 11.3 Å². The van der Waals surface area contributed by atoms with Crippen LogP contribution in [0.3, 0.4) is 0 Å². The van der Waals surface area contributed by atoms with Gasteiger partial charge in [-0.25, -0.2) is 0 Å². The van der Waals surface area contributed by atoms with Gasteiger partial charge in [-0.3, -0.25) is 0 Å². The highest BCUT2D eigenvalue weighted by molar-refractivity contribution is 7.07. The molecule has 0 aliphatic heterocycles. The third-order valence-corrected chi connectivity index (χ3v) is 3.11. The summed E-state index contributed by atoms with van der Waals surface area (Å²) in [6.45, 7) is 0.702. The average Bonchev–Trinajstić information content (AvgIpc) is 2.78. The number of benzene rings is 1. The third-order valence-electron chi connectivity index (χ3n) is 2.32. The Labute approximate surface area is 103 Å². The topological polar surface area (TPSA) is 50.3 Å². The van der Waals surface area contributed by atoms with E-state index < -0.39 is 0 Å². The van der Waals surface area contributed by atoms with Crippen molar-refractivity contribution in [3.8, 4) is 11.9 Å². The van der Waals surface area contributed by atoms with Gasteiger partial charge in [0.25, 0.3) is 0 Å². The predicted octanol–water partition coefficient (Wildman–Crippen LogP) is 1.99. The first-order chi connectivity index (χ1) is 8.33. The summed E-state index contributed by atoms with van der Waals surface area (Å²) in [6.07, 6.45) is 3.73. The van der Waals surface area contributed by atoms with Crippen molar-refractivity contribution in [1.29, 1.82) is 5.26 Å². The molecule has 4 nitrogen and oxygen atoms in total. The second kappa shape index (κ2) is 5.32. The molecule has 0 radical (unpaired) electrons. The first kappa shape index (κ1) is 11.4. The van der Waals surface area contributed by atoms with Gasteiger partial charge in [-0.05, 0) is 17.7 Å². The van der Waals surface area contributed by atoms with Crippen molar-refractivity contribution in [2.45, 2.75) is 6.54 Å². The minimum atomic E-state index is 0.702. The van der Waals surface area contributed by atoms with Gasteiger partial charge in [0, 0.05) is 18.1 Å². The van der Waals surface area contributed by atoms with E-state index in [2.05, 4.69) is 4.99 Å². The number of rotatable bonds is 3. The lowest BCUT2D eigenvalue weighted by atomic mass is 10.2. The van der Waals surface area contributed by atoms with Gasteiger partial charge in [0.15, 0.2) is 0 Å². The van der Waals surface area contributed by atoms with Crippen molar-refractivity contribution in [3.05, 3.63) is 46.2 Å². The fourth-order valence-electron chi connectivity index (χ4n) is 1.48. The number of thiazole rings is 1. The maximum atomic E-state index is 8.56. The zero-order valence-corrected chi connectivity index (χ0v) is 10.1. The Bertz CT molecular complexity index is 589. The van der Waals surface area contributed by atoms with Crippen molar-refractivity contribution in [2.75, 3.05) is 7.11 Å². The van der Waals surface area contributed by atoms with Gasteiger partial charge in [0.1, 0.15) is 5.75 Å². The molecule has 0 bridgehead atoms. The lowest BCUT2D eigenvalue weighted by molar-refractivity contribution is 0.414. The summed E-state index contributed by atoms with van der Waals surface area (Å²) in [6, 6.07) is 7.84. The van der Waals surface area contributed by atoms with E-state index in [1.54, 1.807) is 7.11 Å². The molecule has 2 rings (SSSR count). The van der Waals surface area contributed by atoms with E-state index in [1.807, 2.05) is 46.6 Å². The van der Waals surface area contributed by atoms with Gasteiger partial charge in [-0.1, -0.05) is 12.1 Å². The zero-order valence-electron chi connectivity index (χ0n) is 9.33. The Kier molecular flexibility index (Phi) is 3.58. The largest absolute Gasteiger partial charge is 0.497 e. The van der Waals surface area contributed by atoms with E-state index in [4.69, 9.17) is 10.00 Å². The predicted molar refractivity (Wildman–Crippen MR) is 65.6 cm³/mol. The number of nitrogens with zero attached hydrogens (tertiary/aromatic N) is 3. The number of ether oxygens (including phenoxy) is 1. The first-order valence-electron chi connectivity index (χ1n) is 5.03. The Morgan fingerprint density at radius 1 is 1.41 bits per heavy atom. The van der Waals surface area contributed by atoms with Crippen molar-refractivity contribution < 1.29 is 4.74 Å². The summed E-state index contributed by atoms with van der Waals surface area (Å²) in [5, 5.41) is 10.5. The summed E-state index contributed by atoms with van der Waals surface area (Å²) in [4.78, 5) is 4.47. The molecule has 0 aliphatic rings. The number of methoxy groups -OCH3 is 1.